The van der Waals surface area contributed by atoms with Gasteiger partial charge in [-0.25, -0.2) is 0 Å². The molecule has 0 saturated heterocycles. The molecule has 0 aliphatic heterocycles. The summed E-state index contributed by atoms with van der Waals surface area (Å²) in [6.45, 7) is 6.90. The normalized spacial score (nSPS) is 7.80. The molecular formula is C5H14N2O3. The van der Waals surface area contributed by atoms with Gasteiger partial charge in [-0.15, -0.1) is 0 Å². The second kappa shape index (κ2) is 11.0. The van der Waals surface area contributed by atoms with Crippen LogP contribution in [0.1, 0.15) is 20.3 Å². The van der Waals surface area contributed by atoms with Gasteiger partial charge in [0.1, 0.15) is 0 Å². The standard InChI is InChI=1S/C5H13N.NO3/c1-3-5-6-4-2;2-1(3)4/h6H,3-5H2,1-2H3;/q;-1/p+1. The van der Waals surface area contributed by atoms with Crippen LogP contribution in [0.3, 0.4) is 0 Å². The highest BCUT2D eigenvalue weighted by Crippen LogP contribution is 1.57. The van der Waals surface area contributed by atoms with Gasteiger partial charge in [0.2, 0.25) is 0 Å². The van der Waals surface area contributed by atoms with Crippen molar-refractivity contribution >= 4 is 0 Å². The number of hydrogen-bond donors (Lipinski definition) is 1. The van der Waals surface area contributed by atoms with Crippen LogP contribution in [0.4, 0.5) is 0 Å². The third-order valence-corrected chi connectivity index (χ3v) is 0.781. The van der Waals surface area contributed by atoms with Gasteiger partial charge in [0.25, 0.3) is 0 Å². The Morgan fingerprint density at radius 2 is 1.80 bits per heavy atom. The minimum Gasteiger partial charge on any atom is -0.356 e. The Balaban J connectivity index is 0. The maximum absolute atomic E-state index is 8.25. The van der Waals surface area contributed by atoms with E-state index in [0.717, 1.165) is 0 Å². The first-order chi connectivity index (χ1) is 4.65. The van der Waals surface area contributed by atoms with Gasteiger partial charge in [-0.2, -0.15) is 0 Å². The van der Waals surface area contributed by atoms with Crippen molar-refractivity contribution in [1.82, 2.24) is 0 Å². The predicted octanol–water partition coefficient (Wildman–Crippen LogP) is -0.259. The van der Waals surface area contributed by atoms with Crippen molar-refractivity contribution < 1.29 is 10.4 Å². The highest BCUT2D eigenvalue weighted by Gasteiger charge is 1.75. The Hall–Kier alpha value is -0.840. The summed E-state index contributed by atoms with van der Waals surface area (Å²) in [5.41, 5.74) is 0. The first-order valence-corrected chi connectivity index (χ1v) is 3.28. The smallest absolute Gasteiger partial charge is 0.0752 e. The summed E-state index contributed by atoms with van der Waals surface area (Å²) in [6, 6.07) is 0. The number of rotatable bonds is 3. The predicted molar refractivity (Wildman–Crippen MR) is 38.0 cm³/mol. The van der Waals surface area contributed by atoms with Crippen molar-refractivity contribution in [2.24, 2.45) is 0 Å². The summed E-state index contributed by atoms with van der Waals surface area (Å²) in [5, 5.41) is 17.1. The Labute approximate surface area is 60.2 Å². The maximum Gasteiger partial charge on any atom is 0.0752 e. The Morgan fingerprint density at radius 3 is 1.90 bits per heavy atom. The van der Waals surface area contributed by atoms with Crippen molar-refractivity contribution in [2.75, 3.05) is 13.1 Å². The van der Waals surface area contributed by atoms with E-state index in [2.05, 4.69) is 19.2 Å². The highest BCUT2D eigenvalue weighted by molar-refractivity contribution is 4.12. The lowest BCUT2D eigenvalue weighted by Gasteiger charge is -1.88. The molecular weight excluding hydrogens is 136 g/mol. The van der Waals surface area contributed by atoms with Crippen LogP contribution < -0.4 is 5.32 Å². The summed E-state index contributed by atoms with van der Waals surface area (Å²) in [6.07, 6.45) is 1.30. The van der Waals surface area contributed by atoms with Crippen LogP contribution >= 0.6 is 0 Å². The van der Waals surface area contributed by atoms with Gasteiger partial charge >= 0.3 is 0 Å². The van der Waals surface area contributed by atoms with Crippen LogP contribution in [0.5, 0.6) is 0 Å². The van der Waals surface area contributed by atoms with Crippen molar-refractivity contribution in [3.8, 4) is 0 Å². The molecule has 2 N–H and O–H groups in total. The van der Waals surface area contributed by atoms with E-state index in [9.17, 15) is 0 Å². The minimum atomic E-state index is -1.75. The number of hydrogen-bond acceptors (Lipinski definition) is 3. The van der Waals surface area contributed by atoms with Gasteiger partial charge in [-0.1, -0.05) is 6.92 Å². The first-order valence-electron chi connectivity index (χ1n) is 3.28. The summed E-state index contributed by atoms with van der Waals surface area (Å²) in [7, 11) is 0. The maximum atomic E-state index is 8.25. The molecule has 0 radical (unpaired) electrons. The van der Waals surface area contributed by atoms with E-state index in [1.165, 1.54) is 19.5 Å². The minimum absolute atomic E-state index is 1.23. The fraction of sp³-hybridized carbons (Fsp3) is 1.00. The van der Waals surface area contributed by atoms with Crippen molar-refractivity contribution in [2.45, 2.75) is 20.3 Å². The second-order valence-corrected chi connectivity index (χ2v) is 1.71. The second-order valence-electron chi connectivity index (χ2n) is 1.71. The van der Waals surface area contributed by atoms with Crippen LogP contribution in [-0.4, -0.2) is 18.2 Å². The average molecular weight is 150 g/mol. The molecule has 0 heterocycles. The number of nitrogens with zero attached hydrogens (tertiary/aromatic N) is 1. The summed E-state index contributed by atoms with van der Waals surface area (Å²) >= 11 is 0. The largest absolute Gasteiger partial charge is 0.356 e. The van der Waals surface area contributed by atoms with Gasteiger partial charge in [0.15, 0.2) is 0 Å². The molecule has 0 unspecified atom stereocenters. The lowest BCUT2D eigenvalue weighted by Crippen LogP contribution is -2.83. The lowest BCUT2D eigenvalue weighted by atomic mass is 10.5. The van der Waals surface area contributed by atoms with Gasteiger partial charge in [-0.05, 0) is 13.3 Å². The van der Waals surface area contributed by atoms with Gasteiger partial charge < -0.3 is 20.6 Å². The quantitative estimate of drug-likeness (QED) is 0.342. The SMILES string of the molecule is CCC[NH2+]CC.O=[N+]([O-])[O-]. The molecule has 0 amide bonds. The first kappa shape index (κ1) is 11.9. The zero-order chi connectivity index (χ0) is 8.41. The molecule has 62 valence electrons. The monoisotopic (exact) mass is 150 g/mol. The van der Waals surface area contributed by atoms with E-state index in [-0.39, 0.29) is 0 Å². The van der Waals surface area contributed by atoms with E-state index in [1.807, 2.05) is 0 Å². The Kier molecular flexibility index (Phi) is 13.1. The summed E-state index contributed by atoms with van der Waals surface area (Å²) in [5.74, 6) is 0. The van der Waals surface area contributed by atoms with E-state index >= 15 is 0 Å². The van der Waals surface area contributed by atoms with Crippen LogP contribution in [0, 0.1) is 15.3 Å². The Bertz CT molecular complexity index is 69.3. The van der Waals surface area contributed by atoms with Crippen LogP contribution in [0.25, 0.3) is 0 Å². The van der Waals surface area contributed by atoms with E-state index < -0.39 is 5.09 Å². The molecule has 0 aliphatic rings. The molecule has 0 aromatic heterocycles. The zero-order valence-corrected chi connectivity index (χ0v) is 6.37. The molecule has 0 bridgehead atoms. The Morgan fingerprint density at radius 1 is 1.40 bits per heavy atom. The average Bonchev–Trinajstić information content (AvgIpc) is 1.82. The van der Waals surface area contributed by atoms with Crippen molar-refractivity contribution in [3.63, 3.8) is 0 Å². The number of quaternary nitrogens is 1. The molecule has 0 aromatic rings. The van der Waals surface area contributed by atoms with E-state index in [1.54, 1.807) is 0 Å². The topological polar surface area (TPSA) is 82.8 Å². The fourth-order valence-corrected chi connectivity index (χ4v) is 0.408. The zero-order valence-electron chi connectivity index (χ0n) is 6.37. The van der Waals surface area contributed by atoms with Crippen molar-refractivity contribution in [3.05, 3.63) is 15.3 Å². The van der Waals surface area contributed by atoms with Crippen LogP contribution in [0.2, 0.25) is 0 Å². The summed E-state index contributed by atoms with van der Waals surface area (Å²) in [4.78, 5) is 8.25. The highest BCUT2D eigenvalue weighted by atomic mass is 16.9. The molecule has 5 heteroatoms. The molecule has 0 aromatic carbocycles. The molecule has 0 saturated carbocycles. The lowest BCUT2D eigenvalue weighted by molar-refractivity contribution is -0.651. The van der Waals surface area contributed by atoms with Crippen LogP contribution in [0.15, 0.2) is 0 Å². The van der Waals surface area contributed by atoms with Gasteiger partial charge in [0.05, 0.1) is 18.2 Å². The third-order valence-electron chi connectivity index (χ3n) is 0.781. The van der Waals surface area contributed by atoms with Gasteiger partial charge in [-0.3, -0.25) is 0 Å². The molecule has 10 heavy (non-hydrogen) atoms. The van der Waals surface area contributed by atoms with E-state index in [4.69, 9.17) is 15.3 Å². The third kappa shape index (κ3) is 58.2. The molecule has 0 spiro atoms. The molecule has 0 aliphatic carbocycles. The van der Waals surface area contributed by atoms with E-state index in [0.29, 0.717) is 0 Å². The number of nitrogens with two attached hydrogens (primary N) is 1. The van der Waals surface area contributed by atoms with Gasteiger partial charge in [0, 0.05) is 0 Å². The summed E-state index contributed by atoms with van der Waals surface area (Å²) < 4.78 is 0. The van der Waals surface area contributed by atoms with Crippen LogP contribution in [-0.2, 0) is 0 Å². The molecule has 5 nitrogen and oxygen atoms in total. The molecule has 0 atom stereocenters. The van der Waals surface area contributed by atoms with Crippen molar-refractivity contribution in [1.29, 1.82) is 0 Å². The molecule has 0 fully saturated rings. The molecule has 0 rings (SSSR count). The fourth-order valence-electron chi connectivity index (χ4n) is 0.408.